The number of rotatable bonds is 60. The molecule has 0 N–H and O–H groups in total. The summed E-state index contributed by atoms with van der Waals surface area (Å²) in [4.78, 5) is 38.4. The first-order chi connectivity index (χ1) is 41.0. The molecule has 83 heavy (non-hydrogen) atoms. The van der Waals surface area contributed by atoms with E-state index >= 15 is 0 Å². The number of hydrogen-bond donors (Lipinski definition) is 0. The van der Waals surface area contributed by atoms with E-state index in [2.05, 4.69) is 179 Å². The third kappa shape index (κ3) is 67.7. The summed E-state index contributed by atoms with van der Waals surface area (Å²) in [5.74, 6) is -0.958. The van der Waals surface area contributed by atoms with Crippen LogP contribution in [-0.2, 0) is 28.6 Å². The van der Waals surface area contributed by atoms with Gasteiger partial charge in [0.1, 0.15) is 13.2 Å². The van der Waals surface area contributed by atoms with Gasteiger partial charge in [-0.05, 0) is 154 Å². The number of carbonyl (C=O) groups excluding carboxylic acids is 3. The highest BCUT2D eigenvalue weighted by molar-refractivity contribution is 5.71. The minimum absolute atomic E-state index is 0.105. The van der Waals surface area contributed by atoms with Gasteiger partial charge < -0.3 is 14.2 Å². The van der Waals surface area contributed by atoms with Crippen LogP contribution in [0.1, 0.15) is 290 Å². The Hall–Kier alpha value is -4.97. The zero-order valence-corrected chi connectivity index (χ0v) is 53.7. The predicted molar refractivity (Wildman–Crippen MR) is 362 cm³/mol. The molecule has 0 aromatic rings. The third-order valence-corrected chi connectivity index (χ3v) is 14.0. The molecule has 1 unspecified atom stereocenters. The Bertz CT molecular complexity index is 1840. The maximum atomic E-state index is 12.9. The molecule has 0 saturated heterocycles. The predicted octanol–water partition coefficient (Wildman–Crippen LogP) is 23.7. The molecule has 0 spiro atoms. The molecule has 0 fully saturated rings. The molecule has 0 amide bonds. The fourth-order valence-corrected chi connectivity index (χ4v) is 8.91. The Kier molecular flexibility index (Phi) is 65.4. The fraction of sp³-hybridized carbons (Fsp3) is 0.623. The molecule has 6 nitrogen and oxygen atoms in total. The van der Waals surface area contributed by atoms with Crippen LogP contribution in [0, 0.1) is 0 Å². The largest absolute Gasteiger partial charge is 0.462 e. The van der Waals surface area contributed by atoms with Crippen molar-refractivity contribution in [3.63, 3.8) is 0 Å². The lowest BCUT2D eigenvalue weighted by atomic mass is 10.1. The normalized spacial score (nSPS) is 13.1. The quantitative estimate of drug-likeness (QED) is 0.0261. The summed E-state index contributed by atoms with van der Waals surface area (Å²) in [6, 6.07) is 0. The molecule has 0 aliphatic rings. The average molecular weight is 1150 g/mol. The van der Waals surface area contributed by atoms with Gasteiger partial charge in [0.15, 0.2) is 6.10 Å². The van der Waals surface area contributed by atoms with Gasteiger partial charge in [0.2, 0.25) is 0 Å². The van der Waals surface area contributed by atoms with E-state index in [0.717, 1.165) is 161 Å². The Morgan fingerprint density at radius 2 is 0.470 bits per heavy atom. The van der Waals surface area contributed by atoms with Crippen molar-refractivity contribution >= 4 is 17.9 Å². The highest BCUT2D eigenvalue weighted by Gasteiger charge is 2.19. The van der Waals surface area contributed by atoms with Gasteiger partial charge in [-0.15, -0.1) is 0 Å². The zero-order chi connectivity index (χ0) is 59.9. The molecule has 6 heteroatoms. The number of hydrogen-bond acceptors (Lipinski definition) is 6. The van der Waals surface area contributed by atoms with Crippen LogP contribution < -0.4 is 0 Å². The summed E-state index contributed by atoms with van der Waals surface area (Å²) in [7, 11) is 0. The molecule has 0 saturated carbocycles. The van der Waals surface area contributed by atoms with Gasteiger partial charge in [-0.2, -0.15) is 0 Å². The number of unbranched alkanes of at least 4 members (excludes halogenated alkanes) is 23. The molecule has 468 valence electrons. The van der Waals surface area contributed by atoms with Crippen molar-refractivity contribution in [3.05, 3.63) is 158 Å². The van der Waals surface area contributed by atoms with E-state index in [1.165, 1.54) is 89.9 Å². The van der Waals surface area contributed by atoms with Crippen molar-refractivity contribution in [2.24, 2.45) is 0 Å². The molecule has 0 radical (unpaired) electrons. The smallest absolute Gasteiger partial charge is 0.306 e. The molecule has 0 aromatic heterocycles. The first-order valence-electron chi connectivity index (χ1n) is 34.0. The van der Waals surface area contributed by atoms with E-state index in [0.29, 0.717) is 19.3 Å². The first-order valence-corrected chi connectivity index (χ1v) is 34.0. The van der Waals surface area contributed by atoms with Gasteiger partial charge in [-0.1, -0.05) is 275 Å². The van der Waals surface area contributed by atoms with Crippen LogP contribution in [0.4, 0.5) is 0 Å². The van der Waals surface area contributed by atoms with Gasteiger partial charge in [0.25, 0.3) is 0 Å². The summed E-state index contributed by atoms with van der Waals surface area (Å²) in [6.07, 6.45) is 101. The topological polar surface area (TPSA) is 78.9 Å². The lowest BCUT2D eigenvalue weighted by Crippen LogP contribution is -2.30. The highest BCUT2D eigenvalue weighted by Crippen LogP contribution is 2.14. The Morgan fingerprint density at radius 3 is 0.747 bits per heavy atom. The van der Waals surface area contributed by atoms with Crippen LogP contribution in [0.2, 0.25) is 0 Å². The minimum atomic E-state index is -0.811. The molecular weight excluding hydrogens is 1020 g/mol. The maximum Gasteiger partial charge on any atom is 0.306 e. The lowest BCUT2D eigenvalue weighted by molar-refractivity contribution is -0.167. The van der Waals surface area contributed by atoms with Crippen molar-refractivity contribution < 1.29 is 28.6 Å². The van der Waals surface area contributed by atoms with E-state index in [9.17, 15) is 14.4 Å². The molecule has 0 heterocycles. The second kappa shape index (κ2) is 69.5. The van der Waals surface area contributed by atoms with Crippen LogP contribution in [0.25, 0.3) is 0 Å². The van der Waals surface area contributed by atoms with Crippen LogP contribution in [0.15, 0.2) is 158 Å². The Balaban J connectivity index is 4.46. The summed E-state index contributed by atoms with van der Waals surface area (Å²) in [5, 5.41) is 0. The highest BCUT2D eigenvalue weighted by atomic mass is 16.6. The van der Waals surface area contributed by atoms with Crippen molar-refractivity contribution in [2.75, 3.05) is 13.2 Å². The fourth-order valence-electron chi connectivity index (χ4n) is 8.91. The molecule has 1 atom stereocenters. The van der Waals surface area contributed by atoms with Gasteiger partial charge in [0, 0.05) is 19.3 Å². The number of carbonyl (C=O) groups is 3. The Labute approximate surface area is 511 Å². The maximum absolute atomic E-state index is 12.9. The average Bonchev–Trinajstić information content (AvgIpc) is 3.49. The van der Waals surface area contributed by atoms with Crippen LogP contribution in [0.5, 0.6) is 0 Å². The monoisotopic (exact) mass is 1140 g/mol. The standard InChI is InChI=1S/C77H124O6/c1-4-7-10-13-16-19-22-25-28-31-33-34-35-36-37-38-39-40-41-42-43-44-45-47-49-52-55-58-61-64-67-70-76(79)82-73-74(72-81-75(78)69-66-63-60-57-54-51-48-30-27-24-21-18-15-12-9-6-3)83-77(80)71-68-65-62-59-56-53-50-46-32-29-26-23-20-17-14-11-8-5-2/h7,10,16,19-21,23-25,28-30,32-34,36-37,39-40,42-43,45,47-48,52,55,74H,4-6,8-9,11-15,17-18,22,26-27,31,35,38,41,44,46,49-51,53-54,56-73H2,1-3H3/b10-7-,19-16-,23-20-,24-21-,28-25-,32-29-,34-33-,37-36-,40-39-,43-42-,47-45-,48-30-,55-52-. The van der Waals surface area contributed by atoms with Gasteiger partial charge in [-0.3, -0.25) is 14.4 Å². The van der Waals surface area contributed by atoms with Gasteiger partial charge >= 0.3 is 17.9 Å². The van der Waals surface area contributed by atoms with Gasteiger partial charge in [-0.25, -0.2) is 0 Å². The molecular formula is C77H124O6. The van der Waals surface area contributed by atoms with Crippen molar-refractivity contribution in [1.82, 2.24) is 0 Å². The molecule has 0 aliphatic heterocycles. The van der Waals surface area contributed by atoms with E-state index in [1.54, 1.807) is 0 Å². The van der Waals surface area contributed by atoms with E-state index in [4.69, 9.17) is 14.2 Å². The summed E-state index contributed by atoms with van der Waals surface area (Å²) in [6.45, 7) is 6.45. The van der Waals surface area contributed by atoms with Crippen molar-refractivity contribution in [3.8, 4) is 0 Å². The summed E-state index contributed by atoms with van der Waals surface area (Å²) < 4.78 is 16.9. The van der Waals surface area contributed by atoms with Crippen LogP contribution in [0.3, 0.4) is 0 Å². The minimum Gasteiger partial charge on any atom is -0.462 e. The SMILES string of the molecule is CC/C=C\C/C=C\C/C=C\C/C=C\C/C=C\C/C=C\C/C=C\C/C=C\C/C=C\CCCCCC(=O)OCC(COC(=O)CCCCCCC/C=C\C/C=C\CCCCCC)OC(=O)CCCCCCCCC/C=C\C/C=C\CCCCCC. The molecule has 0 rings (SSSR count). The molecule has 0 aliphatic carbocycles. The number of ether oxygens (including phenoxy) is 3. The lowest BCUT2D eigenvalue weighted by Gasteiger charge is -2.18. The third-order valence-electron chi connectivity index (χ3n) is 14.0. The summed E-state index contributed by atoms with van der Waals surface area (Å²) >= 11 is 0. The van der Waals surface area contributed by atoms with E-state index in [-0.39, 0.29) is 31.1 Å². The van der Waals surface area contributed by atoms with Crippen LogP contribution >= 0.6 is 0 Å². The van der Waals surface area contributed by atoms with Crippen molar-refractivity contribution in [1.29, 1.82) is 0 Å². The van der Waals surface area contributed by atoms with Crippen LogP contribution in [-0.4, -0.2) is 37.2 Å². The van der Waals surface area contributed by atoms with Gasteiger partial charge in [0.05, 0.1) is 0 Å². The number of allylic oxidation sites excluding steroid dienone is 26. The second-order valence-corrected chi connectivity index (χ2v) is 22.0. The molecule has 0 bridgehead atoms. The van der Waals surface area contributed by atoms with Crippen molar-refractivity contribution in [2.45, 2.75) is 297 Å². The Morgan fingerprint density at radius 1 is 0.253 bits per heavy atom. The van der Waals surface area contributed by atoms with E-state index in [1.807, 2.05) is 0 Å². The summed E-state index contributed by atoms with van der Waals surface area (Å²) in [5.41, 5.74) is 0. The number of esters is 3. The van der Waals surface area contributed by atoms with E-state index < -0.39 is 6.10 Å². The second-order valence-electron chi connectivity index (χ2n) is 22.0. The molecule has 0 aromatic carbocycles. The zero-order valence-electron chi connectivity index (χ0n) is 53.7. The first kappa shape index (κ1) is 78.0.